The van der Waals surface area contributed by atoms with Gasteiger partial charge in [0.05, 0.1) is 24.5 Å². The van der Waals surface area contributed by atoms with Crippen molar-refractivity contribution in [1.29, 1.82) is 0 Å². The normalized spacial score (nSPS) is 12.0. The van der Waals surface area contributed by atoms with Crippen LogP contribution in [-0.4, -0.2) is 37.5 Å². The summed E-state index contributed by atoms with van der Waals surface area (Å²) in [4.78, 5) is 27.6. The van der Waals surface area contributed by atoms with Crippen LogP contribution in [0.1, 0.15) is 27.7 Å². The summed E-state index contributed by atoms with van der Waals surface area (Å²) in [5.41, 5.74) is 1.47. The van der Waals surface area contributed by atoms with E-state index in [9.17, 15) is 14.0 Å². The Morgan fingerprint density at radius 2 is 1.83 bits per heavy atom. The number of carbonyl (C=O) groups excluding carboxylic acids is 2. The highest BCUT2D eigenvalue weighted by Crippen LogP contribution is 2.35. The molecule has 0 N–H and O–H groups in total. The summed E-state index contributed by atoms with van der Waals surface area (Å²) in [7, 11) is 2.84. The second-order valence-electron chi connectivity index (χ2n) is 7.05. The van der Waals surface area contributed by atoms with E-state index in [4.69, 9.17) is 9.47 Å². The van der Waals surface area contributed by atoms with Gasteiger partial charge >= 0.3 is 5.97 Å². The van der Waals surface area contributed by atoms with Gasteiger partial charge in [0.1, 0.15) is 5.82 Å². The Labute approximate surface area is 179 Å². The van der Waals surface area contributed by atoms with Gasteiger partial charge in [0.25, 0.3) is 5.91 Å². The molecule has 3 rings (SSSR count). The number of carbonyl (C=O) groups is 2. The molecule has 5 nitrogen and oxygen atoms in total. The summed E-state index contributed by atoms with van der Waals surface area (Å²) in [5.74, 6) is -1.53. The molecule has 0 aliphatic rings. The molecule has 7 heteroatoms. The Morgan fingerprint density at radius 3 is 2.50 bits per heavy atom. The molecular formula is C23H24FNO4S. The number of thiophene rings is 1. The highest BCUT2D eigenvalue weighted by Gasteiger charge is 2.27. The van der Waals surface area contributed by atoms with Gasteiger partial charge in [-0.2, -0.15) is 0 Å². The third kappa shape index (κ3) is 4.68. The molecule has 2 aromatic carbocycles. The van der Waals surface area contributed by atoms with Gasteiger partial charge in [0.2, 0.25) is 0 Å². The number of benzene rings is 2. The predicted molar refractivity (Wildman–Crippen MR) is 115 cm³/mol. The van der Waals surface area contributed by atoms with Gasteiger partial charge < -0.3 is 14.4 Å². The molecule has 158 valence electrons. The van der Waals surface area contributed by atoms with Gasteiger partial charge in [-0.15, -0.1) is 11.3 Å². The largest absolute Gasteiger partial charge is 0.469 e. The van der Waals surface area contributed by atoms with Crippen molar-refractivity contribution in [2.24, 2.45) is 5.92 Å². The molecule has 0 spiro atoms. The second kappa shape index (κ2) is 9.82. The number of fused-ring (bicyclic) bond motifs is 1. The quantitative estimate of drug-likeness (QED) is 0.490. The van der Waals surface area contributed by atoms with E-state index in [0.717, 1.165) is 5.56 Å². The fourth-order valence-electron chi connectivity index (χ4n) is 3.40. The molecule has 1 unspecified atom stereocenters. The molecule has 1 aromatic heterocycles. The minimum Gasteiger partial charge on any atom is -0.469 e. The van der Waals surface area contributed by atoms with Crippen LogP contribution in [0.15, 0.2) is 48.5 Å². The van der Waals surface area contributed by atoms with Crippen molar-refractivity contribution in [2.75, 3.05) is 20.8 Å². The lowest BCUT2D eigenvalue weighted by molar-refractivity contribution is -0.145. The maximum atomic E-state index is 14.5. The summed E-state index contributed by atoms with van der Waals surface area (Å²) in [6.45, 7) is 2.35. The predicted octanol–water partition coefficient (Wildman–Crippen LogP) is 4.64. The summed E-state index contributed by atoms with van der Waals surface area (Å²) < 4.78 is 25.3. The van der Waals surface area contributed by atoms with Crippen LogP contribution in [0.2, 0.25) is 0 Å². The van der Waals surface area contributed by atoms with E-state index < -0.39 is 5.92 Å². The fraction of sp³-hybridized carbons (Fsp3) is 0.304. The average Bonchev–Trinajstić information content (AvgIpc) is 3.12. The Morgan fingerprint density at radius 1 is 1.10 bits per heavy atom. The summed E-state index contributed by atoms with van der Waals surface area (Å²) in [6, 6.07) is 14.3. The standard InChI is InChI=1S/C23H24FNO4S/c1-15(23(27)29-3)12-25(13-16-8-5-4-6-9-16)22(26)21-17(14-28-2)20-18(24)10-7-11-19(20)30-21/h4-11,15H,12-14H2,1-3H3. The SMILES string of the molecule is COCc1c(C(=O)N(Cc2ccccc2)CC(C)C(=O)OC)sc2cccc(F)c12. The highest BCUT2D eigenvalue weighted by atomic mass is 32.1. The second-order valence-corrected chi connectivity index (χ2v) is 8.10. The van der Waals surface area contributed by atoms with Gasteiger partial charge in [0.15, 0.2) is 0 Å². The van der Waals surface area contributed by atoms with Crippen LogP contribution in [-0.2, 0) is 27.4 Å². The molecule has 1 amide bonds. The summed E-state index contributed by atoms with van der Waals surface area (Å²) >= 11 is 1.24. The molecule has 1 atom stereocenters. The summed E-state index contributed by atoms with van der Waals surface area (Å²) in [5, 5.41) is 0.411. The van der Waals surface area contributed by atoms with Gasteiger partial charge in [0, 0.05) is 35.8 Å². The van der Waals surface area contributed by atoms with Crippen molar-refractivity contribution < 1.29 is 23.5 Å². The molecule has 0 aliphatic heterocycles. The van der Waals surface area contributed by atoms with E-state index in [1.165, 1.54) is 31.6 Å². The minimum atomic E-state index is -0.500. The van der Waals surface area contributed by atoms with E-state index in [1.54, 1.807) is 24.0 Å². The van der Waals surface area contributed by atoms with Crippen molar-refractivity contribution in [3.8, 4) is 0 Å². The number of hydrogen-bond acceptors (Lipinski definition) is 5. The van der Waals surface area contributed by atoms with Crippen LogP contribution >= 0.6 is 11.3 Å². The molecule has 0 fully saturated rings. The third-order valence-corrected chi connectivity index (χ3v) is 6.03. The molecule has 0 bridgehead atoms. The maximum Gasteiger partial charge on any atom is 0.310 e. The van der Waals surface area contributed by atoms with Crippen molar-refractivity contribution in [3.63, 3.8) is 0 Å². The van der Waals surface area contributed by atoms with Crippen molar-refractivity contribution in [2.45, 2.75) is 20.1 Å². The van der Waals surface area contributed by atoms with Gasteiger partial charge in [-0.05, 0) is 17.7 Å². The number of methoxy groups -OCH3 is 2. The first-order valence-corrected chi connectivity index (χ1v) is 10.4. The van der Waals surface area contributed by atoms with Crippen LogP contribution in [0.25, 0.3) is 10.1 Å². The Balaban J connectivity index is 2.02. The van der Waals surface area contributed by atoms with E-state index in [1.807, 2.05) is 30.3 Å². The fourth-order valence-corrected chi connectivity index (χ4v) is 4.59. The molecular weight excluding hydrogens is 405 g/mol. The zero-order valence-corrected chi connectivity index (χ0v) is 18.0. The van der Waals surface area contributed by atoms with Crippen LogP contribution in [0.5, 0.6) is 0 Å². The van der Waals surface area contributed by atoms with E-state index in [2.05, 4.69) is 0 Å². The van der Waals surface area contributed by atoms with Crippen LogP contribution in [0, 0.1) is 11.7 Å². The van der Waals surface area contributed by atoms with E-state index >= 15 is 0 Å². The van der Waals surface area contributed by atoms with Crippen molar-refractivity contribution in [3.05, 3.63) is 70.4 Å². The maximum absolute atomic E-state index is 14.5. The first kappa shape index (κ1) is 21.9. The molecule has 0 saturated carbocycles. The summed E-state index contributed by atoms with van der Waals surface area (Å²) in [6.07, 6.45) is 0. The lowest BCUT2D eigenvalue weighted by Crippen LogP contribution is -2.37. The minimum absolute atomic E-state index is 0.119. The zero-order valence-electron chi connectivity index (χ0n) is 17.2. The van der Waals surface area contributed by atoms with Gasteiger partial charge in [-0.3, -0.25) is 9.59 Å². The topological polar surface area (TPSA) is 55.8 Å². The molecule has 30 heavy (non-hydrogen) atoms. The van der Waals surface area contributed by atoms with Crippen LogP contribution < -0.4 is 0 Å². The molecule has 1 heterocycles. The Hall–Kier alpha value is -2.77. The lowest BCUT2D eigenvalue weighted by atomic mass is 10.1. The van der Waals surface area contributed by atoms with Crippen molar-refractivity contribution >= 4 is 33.3 Å². The number of nitrogens with zero attached hydrogens (tertiary/aromatic N) is 1. The Bertz CT molecular complexity index is 1030. The van der Waals surface area contributed by atoms with E-state index in [-0.39, 0.29) is 30.8 Å². The highest BCUT2D eigenvalue weighted by molar-refractivity contribution is 7.21. The average molecular weight is 430 g/mol. The Kier molecular flexibility index (Phi) is 7.18. The number of ether oxygens (including phenoxy) is 2. The van der Waals surface area contributed by atoms with E-state index in [0.29, 0.717) is 27.1 Å². The molecule has 0 saturated heterocycles. The molecule has 3 aromatic rings. The number of esters is 1. The zero-order chi connectivity index (χ0) is 21.7. The third-order valence-electron chi connectivity index (χ3n) is 4.85. The lowest BCUT2D eigenvalue weighted by Gasteiger charge is -2.25. The smallest absolute Gasteiger partial charge is 0.310 e. The van der Waals surface area contributed by atoms with Crippen molar-refractivity contribution in [1.82, 2.24) is 4.90 Å². The molecule has 0 aliphatic carbocycles. The van der Waals surface area contributed by atoms with Gasteiger partial charge in [-0.25, -0.2) is 4.39 Å². The first-order valence-electron chi connectivity index (χ1n) is 9.56. The van der Waals surface area contributed by atoms with Crippen LogP contribution in [0.4, 0.5) is 4.39 Å². The number of halogens is 1. The molecule has 0 radical (unpaired) electrons. The first-order chi connectivity index (χ1) is 14.5. The van der Waals surface area contributed by atoms with Crippen LogP contribution in [0.3, 0.4) is 0 Å². The van der Waals surface area contributed by atoms with Gasteiger partial charge in [-0.1, -0.05) is 43.3 Å². The number of hydrogen-bond donors (Lipinski definition) is 0. The number of rotatable bonds is 8. The number of amides is 1. The monoisotopic (exact) mass is 429 g/mol.